The zero-order valence-corrected chi connectivity index (χ0v) is 18.9. The highest BCUT2D eigenvalue weighted by Crippen LogP contribution is 2.37. The average Bonchev–Trinajstić information content (AvgIpc) is 2.82. The zero-order valence-electron chi connectivity index (χ0n) is 18.9. The van der Waals surface area contributed by atoms with Crippen LogP contribution in [-0.4, -0.2) is 23.3 Å². The summed E-state index contributed by atoms with van der Waals surface area (Å²) in [5, 5.41) is 0. The summed E-state index contributed by atoms with van der Waals surface area (Å²) >= 11 is 0. The van der Waals surface area contributed by atoms with Crippen molar-refractivity contribution in [2.24, 2.45) is 4.99 Å². The summed E-state index contributed by atoms with van der Waals surface area (Å²) in [6.07, 6.45) is 3.61. The number of carbonyl (C=O) groups is 2. The lowest BCUT2D eigenvalue weighted by atomic mass is 9.78. The number of allylic oxidation sites excluding steroid dienone is 2. The summed E-state index contributed by atoms with van der Waals surface area (Å²) in [6, 6.07) is 12.0. The predicted molar refractivity (Wildman–Crippen MR) is 124 cm³/mol. The van der Waals surface area contributed by atoms with Crippen molar-refractivity contribution in [3.8, 4) is 0 Å². The molecule has 0 unspecified atom stereocenters. The fraction of sp³-hybridized carbons (Fsp3) is 0.296. The SMILES string of the molecule is CC=C1/C(=C\C(C)=O)[C@H](C)N=C(c2ccc(F)cc2)c2ccc(C(C)(C)C(C)=O)cc21. The molecule has 0 N–H and O–H groups in total. The number of hydrogen-bond donors (Lipinski definition) is 0. The monoisotopic (exact) mass is 417 g/mol. The molecule has 4 heteroatoms. The molecule has 0 spiro atoms. The summed E-state index contributed by atoms with van der Waals surface area (Å²) in [7, 11) is 0. The van der Waals surface area contributed by atoms with E-state index < -0.39 is 5.41 Å². The summed E-state index contributed by atoms with van der Waals surface area (Å²) in [5.74, 6) is -0.289. The van der Waals surface area contributed by atoms with Crippen molar-refractivity contribution in [1.82, 2.24) is 0 Å². The summed E-state index contributed by atoms with van der Waals surface area (Å²) in [5.41, 5.74) is 5.33. The zero-order chi connectivity index (χ0) is 22.9. The van der Waals surface area contributed by atoms with Crippen LogP contribution in [-0.2, 0) is 15.0 Å². The second-order valence-electron chi connectivity index (χ2n) is 8.51. The van der Waals surface area contributed by atoms with Gasteiger partial charge < -0.3 is 0 Å². The molecular weight excluding hydrogens is 389 g/mol. The molecule has 0 saturated carbocycles. The maximum atomic E-state index is 13.6. The van der Waals surface area contributed by atoms with Gasteiger partial charge in [0, 0.05) is 16.5 Å². The molecule has 0 amide bonds. The second kappa shape index (κ2) is 8.54. The Bertz CT molecular complexity index is 1130. The highest BCUT2D eigenvalue weighted by Gasteiger charge is 2.30. The molecule has 1 heterocycles. The van der Waals surface area contributed by atoms with Crippen molar-refractivity contribution >= 4 is 22.9 Å². The van der Waals surface area contributed by atoms with E-state index in [0.29, 0.717) is 0 Å². The van der Waals surface area contributed by atoms with E-state index in [4.69, 9.17) is 4.99 Å². The summed E-state index contributed by atoms with van der Waals surface area (Å²) < 4.78 is 13.6. The molecule has 2 aromatic carbocycles. The molecule has 31 heavy (non-hydrogen) atoms. The molecule has 0 aromatic heterocycles. The van der Waals surface area contributed by atoms with Gasteiger partial charge in [0.25, 0.3) is 0 Å². The van der Waals surface area contributed by atoms with Gasteiger partial charge in [0.1, 0.15) is 11.6 Å². The number of carbonyl (C=O) groups excluding carboxylic acids is 2. The third-order valence-electron chi connectivity index (χ3n) is 6.02. The molecule has 0 aliphatic carbocycles. The first-order chi connectivity index (χ1) is 14.6. The Morgan fingerprint density at radius 3 is 2.23 bits per heavy atom. The van der Waals surface area contributed by atoms with Crippen LogP contribution in [0.5, 0.6) is 0 Å². The van der Waals surface area contributed by atoms with E-state index in [0.717, 1.165) is 39.1 Å². The number of ketones is 2. The largest absolute Gasteiger partial charge is 0.299 e. The molecule has 0 fully saturated rings. The Morgan fingerprint density at radius 2 is 1.68 bits per heavy atom. The number of halogens is 1. The van der Waals surface area contributed by atoms with Crippen LogP contribution >= 0.6 is 0 Å². The lowest BCUT2D eigenvalue weighted by Gasteiger charge is -2.24. The molecule has 3 nitrogen and oxygen atoms in total. The van der Waals surface area contributed by atoms with Crippen LogP contribution in [0.3, 0.4) is 0 Å². The van der Waals surface area contributed by atoms with Gasteiger partial charge in [-0.25, -0.2) is 4.39 Å². The van der Waals surface area contributed by atoms with Crippen LogP contribution in [0.4, 0.5) is 4.39 Å². The number of benzene rings is 2. The van der Waals surface area contributed by atoms with Crippen molar-refractivity contribution in [2.45, 2.75) is 53.0 Å². The Morgan fingerprint density at radius 1 is 1.03 bits per heavy atom. The first-order valence-corrected chi connectivity index (χ1v) is 10.4. The van der Waals surface area contributed by atoms with Crippen molar-refractivity contribution in [2.75, 3.05) is 0 Å². The molecule has 1 atom stereocenters. The molecule has 0 bridgehead atoms. The molecule has 3 rings (SSSR count). The Kier molecular flexibility index (Phi) is 6.21. The van der Waals surface area contributed by atoms with Gasteiger partial charge in [-0.15, -0.1) is 0 Å². The fourth-order valence-electron chi connectivity index (χ4n) is 3.86. The third-order valence-corrected chi connectivity index (χ3v) is 6.02. The molecule has 160 valence electrons. The third kappa shape index (κ3) is 4.34. The molecule has 2 aromatic rings. The van der Waals surface area contributed by atoms with Crippen molar-refractivity contribution < 1.29 is 14.0 Å². The Labute approximate surface area is 183 Å². The van der Waals surface area contributed by atoms with Crippen molar-refractivity contribution in [3.63, 3.8) is 0 Å². The van der Waals surface area contributed by atoms with Gasteiger partial charge in [-0.1, -0.05) is 18.2 Å². The van der Waals surface area contributed by atoms with Crippen LogP contribution in [0, 0.1) is 5.82 Å². The molecule has 0 saturated heterocycles. The predicted octanol–water partition coefficient (Wildman–Crippen LogP) is 5.85. The maximum absolute atomic E-state index is 13.6. The van der Waals surface area contributed by atoms with Gasteiger partial charge in [0.2, 0.25) is 0 Å². The topological polar surface area (TPSA) is 46.5 Å². The molecule has 0 radical (unpaired) electrons. The van der Waals surface area contributed by atoms with Crippen LogP contribution in [0.1, 0.15) is 63.8 Å². The highest BCUT2D eigenvalue weighted by atomic mass is 19.1. The minimum absolute atomic E-state index is 0.0524. The molecular formula is C27H28FNO2. The minimum atomic E-state index is -0.649. The lowest BCUT2D eigenvalue weighted by Crippen LogP contribution is -2.26. The number of nitrogens with zero attached hydrogens (tertiary/aromatic N) is 1. The second-order valence-corrected chi connectivity index (χ2v) is 8.51. The summed E-state index contributed by atoms with van der Waals surface area (Å²) in [4.78, 5) is 29.3. The Balaban J connectivity index is 2.36. The first kappa shape index (κ1) is 22.5. The normalized spacial score (nSPS) is 19.1. The van der Waals surface area contributed by atoms with Crippen molar-refractivity contribution in [1.29, 1.82) is 0 Å². The van der Waals surface area contributed by atoms with E-state index in [9.17, 15) is 14.0 Å². The number of rotatable bonds is 4. The molecule has 1 aliphatic heterocycles. The lowest BCUT2D eigenvalue weighted by molar-refractivity contribution is -0.121. The van der Waals surface area contributed by atoms with Gasteiger partial charge in [-0.05, 0) is 100 Å². The first-order valence-electron chi connectivity index (χ1n) is 10.4. The van der Waals surface area contributed by atoms with Crippen LogP contribution < -0.4 is 0 Å². The number of Topliss-reactive ketones (excluding diaryl/α,β-unsaturated/α-hetero) is 1. The highest BCUT2D eigenvalue weighted by molar-refractivity contribution is 6.17. The van der Waals surface area contributed by atoms with E-state index >= 15 is 0 Å². The van der Waals surface area contributed by atoms with Crippen LogP contribution in [0.2, 0.25) is 0 Å². The van der Waals surface area contributed by atoms with E-state index in [1.807, 2.05) is 52.0 Å². The Hall–Kier alpha value is -3.14. The van der Waals surface area contributed by atoms with E-state index in [2.05, 4.69) is 0 Å². The van der Waals surface area contributed by atoms with Crippen molar-refractivity contribution in [3.05, 3.63) is 88.3 Å². The maximum Gasteiger partial charge on any atom is 0.152 e. The fourth-order valence-corrected chi connectivity index (χ4v) is 3.86. The van der Waals surface area contributed by atoms with Gasteiger partial charge in [-0.2, -0.15) is 0 Å². The van der Waals surface area contributed by atoms with Gasteiger partial charge in [-0.3, -0.25) is 14.6 Å². The van der Waals surface area contributed by atoms with Crippen LogP contribution in [0.25, 0.3) is 5.57 Å². The van der Waals surface area contributed by atoms with Gasteiger partial charge in [0.05, 0.1) is 11.8 Å². The smallest absolute Gasteiger partial charge is 0.152 e. The quantitative estimate of drug-likeness (QED) is 0.586. The van der Waals surface area contributed by atoms with E-state index in [1.165, 1.54) is 19.1 Å². The number of fused-ring (bicyclic) bond motifs is 1. The average molecular weight is 418 g/mol. The number of aliphatic imine (C=N–C) groups is 1. The van der Waals surface area contributed by atoms with Gasteiger partial charge >= 0.3 is 0 Å². The van der Waals surface area contributed by atoms with Crippen LogP contribution in [0.15, 0.2) is 65.2 Å². The summed E-state index contributed by atoms with van der Waals surface area (Å²) in [6.45, 7) is 10.8. The van der Waals surface area contributed by atoms with Gasteiger partial charge in [0.15, 0.2) is 5.78 Å². The standard InChI is InChI=1S/C27H28FNO2/c1-7-22-24(14-16(2)30)17(3)29-26(19-8-11-21(28)12-9-19)23-13-10-20(15-25(22)23)27(5,6)18(4)31/h7-15,17H,1-6H3/b22-7?,24-14-/t17-/m0/s1. The van der Waals surface area contributed by atoms with E-state index in [1.54, 1.807) is 25.1 Å². The minimum Gasteiger partial charge on any atom is -0.299 e. The number of hydrogen-bond acceptors (Lipinski definition) is 3. The van der Waals surface area contributed by atoms with E-state index in [-0.39, 0.29) is 23.4 Å². The molecule has 1 aliphatic rings.